The smallest absolute Gasteiger partial charge is 1.00 e. The molecular formula is C24H44Cl2O2Si3Zr-2. The Morgan fingerprint density at radius 2 is 0.906 bits per heavy atom. The molecule has 0 amide bonds. The Kier molecular flexibility index (Phi) is 22.1. The van der Waals surface area contributed by atoms with E-state index in [2.05, 4.69) is 115 Å². The first kappa shape index (κ1) is 37.3. The zero-order chi connectivity index (χ0) is 23.4. The van der Waals surface area contributed by atoms with Gasteiger partial charge in [0.25, 0.3) is 0 Å². The van der Waals surface area contributed by atoms with E-state index in [1.807, 2.05) is 0 Å². The second kappa shape index (κ2) is 19.0. The zero-order valence-electron chi connectivity index (χ0n) is 21.8. The molecule has 0 N–H and O–H groups in total. The van der Waals surface area contributed by atoms with Gasteiger partial charge in [-0.1, -0.05) is 0 Å². The fourth-order valence-electron chi connectivity index (χ4n) is 3.05. The van der Waals surface area contributed by atoms with Crippen molar-refractivity contribution in [3.63, 3.8) is 0 Å². The Bertz CT molecular complexity index is 621. The molecule has 0 aliphatic carbocycles. The van der Waals surface area contributed by atoms with Gasteiger partial charge in [-0.25, -0.2) is 24.3 Å². The molecular weight excluding hydrogens is 567 g/mol. The Hall–Kier alpha value is 0.734. The largest absolute Gasteiger partial charge is 1.00 e. The average Bonchev–Trinajstić information content (AvgIpc) is 3.16. The molecule has 2 unspecified atom stereocenters. The van der Waals surface area contributed by atoms with Crippen molar-refractivity contribution in [1.82, 2.24) is 0 Å². The van der Waals surface area contributed by atoms with Crippen LogP contribution in [0.5, 0.6) is 0 Å². The molecule has 2 atom stereocenters. The van der Waals surface area contributed by atoms with Gasteiger partial charge in [0.05, 0.1) is 0 Å². The third kappa shape index (κ3) is 25.4. The van der Waals surface area contributed by atoms with Crippen LogP contribution in [0.2, 0.25) is 52.4 Å². The summed E-state index contributed by atoms with van der Waals surface area (Å²) in [4.78, 5) is 0. The first-order valence-corrected chi connectivity index (χ1v) is 24.0. The van der Waals surface area contributed by atoms with E-state index >= 15 is 0 Å². The summed E-state index contributed by atoms with van der Waals surface area (Å²) in [7, 11) is -2.71. The van der Waals surface area contributed by atoms with Gasteiger partial charge in [0.15, 0.2) is 16.6 Å². The molecule has 0 spiro atoms. The first-order chi connectivity index (χ1) is 13.7. The van der Waals surface area contributed by atoms with Gasteiger partial charge in [-0.2, -0.15) is 35.4 Å². The molecule has 0 fully saturated rings. The van der Waals surface area contributed by atoms with Crippen LogP contribution in [0, 0.1) is 0 Å². The summed E-state index contributed by atoms with van der Waals surface area (Å²) in [5.41, 5.74) is 2.97. The van der Waals surface area contributed by atoms with Crippen molar-refractivity contribution >= 4 is 22.1 Å². The molecule has 0 aromatic heterocycles. The van der Waals surface area contributed by atoms with Crippen molar-refractivity contribution in [2.24, 2.45) is 0 Å². The maximum Gasteiger partial charge on any atom is -1.00 e. The normalized spacial score (nSPS) is 12.6. The molecule has 0 aliphatic heterocycles. The zero-order valence-corrected chi connectivity index (χ0v) is 28.7. The van der Waals surface area contributed by atoms with Crippen LogP contribution in [0.1, 0.15) is 25.0 Å². The Labute approximate surface area is 228 Å². The molecule has 0 saturated heterocycles. The summed E-state index contributed by atoms with van der Waals surface area (Å²) in [5.74, 6) is 0. The monoisotopic (exact) mass is 608 g/mol. The van der Waals surface area contributed by atoms with E-state index in [0.29, 0.717) is 12.2 Å². The van der Waals surface area contributed by atoms with Crippen LogP contribution in [-0.4, -0.2) is 34.3 Å². The Morgan fingerprint density at radius 1 is 0.688 bits per heavy atom. The second-order valence-electron chi connectivity index (χ2n) is 10.1. The van der Waals surface area contributed by atoms with Crippen LogP contribution in [-0.2, 0) is 45.0 Å². The number of hydrogen-bond acceptors (Lipinski definition) is 2. The van der Waals surface area contributed by atoms with Gasteiger partial charge < -0.3 is 33.7 Å². The van der Waals surface area contributed by atoms with Crippen LogP contribution >= 0.6 is 0 Å². The van der Waals surface area contributed by atoms with Gasteiger partial charge >= 0.3 is 41.9 Å². The SMILES string of the molecule is CC(C[c-]1cccc1)O[Si](C)(C)C.CC(C[c-]1cccc1)O[Si](C)(C)C.C[Si](C)=[Zr+2].[Cl-].[Cl-]. The van der Waals surface area contributed by atoms with Crippen molar-refractivity contribution in [3.05, 3.63) is 59.7 Å². The van der Waals surface area contributed by atoms with Gasteiger partial charge in [0.2, 0.25) is 0 Å². The molecule has 184 valence electrons. The average molecular weight is 611 g/mol. The standard InChI is InChI=1S/2C11H19OSi.C2H6Si.2ClH.Zr/c2*1-10(12-13(2,3)4)9-11-7-5-6-8-11;1-3-2;;;/h2*5-8,10H,9H2,1-4H3;1-2H3;2*1H;/q2*-1;;;;+2/p-2. The van der Waals surface area contributed by atoms with Crippen molar-refractivity contribution in [2.45, 2.75) is 91.3 Å². The summed E-state index contributed by atoms with van der Waals surface area (Å²) in [5, 5.41) is 0. The molecule has 0 aliphatic rings. The van der Waals surface area contributed by atoms with Crippen molar-refractivity contribution < 1.29 is 57.0 Å². The Morgan fingerprint density at radius 3 is 1.09 bits per heavy atom. The van der Waals surface area contributed by atoms with Crippen LogP contribution in [0.4, 0.5) is 0 Å². The fourth-order valence-corrected chi connectivity index (χ4v) is 5.64. The first-order valence-electron chi connectivity index (χ1n) is 11.0. The number of halogens is 2. The third-order valence-electron chi connectivity index (χ3n) is 3.62. The number of hydrogen-bond donors (Lipinski definition) is 0. The summed E-state index contributed by atoms with van der Waals surface area (Å²) in [6.07, 6.45) is 2.79. The van der Waals surface area contributed by atoms with Crippen LogP contribution in [0.3, 0.4) is 0 Å². The van der Waals surface area contributed by atoms with E-state index in [0.717, 1.165) is 12.8 Å². The van der Waals surface area contributed by atoms with Gasteiger partial charge in [-0.3, -0.25) is 0 Å². The van der Waals surface area contributed by atoms with Crippen molar-refractivity contribution in [1.29, 1.82) is 0 Å². The summed E-state index contributed by atoms with van der Waals surface area (Å²) in [6, 6.07) is 16.9. The van der Waals surface area contributed by atoms with Gasteiger partial charge in [-0.05, 0) is 66.0 Å². The van der Waals surface area contributed by atoms with Gasteiger partial charge in [0.1, 0.15) is 0 Å². The molecule has 8 heteroatoms. The summed E-state index contributed by atoms with van der Waals surface area (Å²) in [6.45, 7) is 22.3. The fraction of sp³-hybridized carbons (Fsp3) is 0.583. The third-order valence-corrected chi connectivity index (χ3v) is 5.84. The molecule has 0 heterocycles. The molecule has 0 saturated carbocycles. The van der Waals surface area contributed by atoms with Crippen LogP contribution in [0.15, 0.2) is 48.5 Å². The Balaban J connectivity index is -0.000000428. The maximum absolute atomic E-state index is 5.95. The van der Waals surface area contributed by atoms with Crippen LogP contribution in [0.25, 0.3) is 0 Å². The topological polar surface area (TPSA) is 18.5 Å². The van der Waals surface area contributed by atoms with E-state index in [-0.39, 0.29) is 30.2 Å². The number of rotatable bonds is 8. The molecule has 2 nitrogen and oxygen atoms in total. The molecule has 32 heavy (non-hydrogen) atoms. The van der Waals surface area contributed by atoms with E-state index in [4.69, 9.17) is 8.85 Å². The minimum Gasteiger partial charge on any atom is -1.00 e. The summed E-state index contributed by atoms with van der Waals surface area (Å²) < 4.78 is 11.9. The van der Waals surface area contributed by atoms with Gasteiger partial charge in [0, 0.05) is 12.2 Å². The predicted octanol–water partition coefficient (Wildman–Crippen LogP) is 1.17. The van der Waals surface area contributed by atoms with Crippen molar-refractivity contribution in [2.75, 3.05) is 0 Å². The molecule has 0 bridgehead atoms. The van der Waals surface area contributed by atoms with E-state index in [1.165, 1.54) is 11.1 Å². The maximum atomic E-state index is 5.95. The molecule has 0 radical (unpaired) electrons. The molecule has 2 aromatic carbocycles. The van der Waals surface area contributed by atoms with Crippen LogP contribution < -0.4 is 24.8 Å². The van der Waals surface area contributed by atoms with E-state index in [9.17, 15) is 0 Å². The van der Waals surface area contributed by atoms with E-state index in [1.54, 1.807) is 23.3 Å². The molecule has 2 rings (SSSR count). The van der Waals surface area contributed by atoms with E-state index < -0.39 is 16.6 Å². The minimum atomic E-state index is -1.35. The quantitative estimate of drug-likeness (QED) is 0.330. The predicted molar refractivity (Wildman–Crippen MR) is 137 cm³/mol. The minimum absolute atomic E-state index is 0. The van der Waals surface area contributed by atoms with Crippen molar-refractivity contribution in [3.8, 4) is 0 Å². The van der Waals surface area contributed by atoms with Gasteiger partial charge in [-0.15, -0.1) is 0 Å². The summed E-state index contributed by atoms with van der Waals surface area (Å²) >= 11 is 1.74. The second-order valence-corrected chi connectivity index (χ2v) is 28.4. The molecule has 2 aromatic rings.